The highest BCUT2D eigenvalue weighted by atomic mass is 35.5. The lowest BCUT2D eigenvalue weighted by atomic mass is 10.1. The third-order valence-corrected chi connectivity index (χ3v) is 4.47. The molecule has 4 aromatic rings. The van der Waals surface area contributed by atoms with Crippen LogP contribution in [-0.4, -0.2) is 22.5 Å². The van der Waals surface area contributed by atoms with Gasteiger partial charge >= 0.3 is 5.97 Å². The fourth-order valence-electron chi connectivity index (χ4n) is 3.05. The lowest BCUT2D eigenvalue weighted by Crippen LogP contribution is -2.09. The van der Waals surface area contributed by atoms with E-state index in [-0.39, 0.29) is 19.0 Å². The quantitative estimate of drug-likeness (QED) is 0.370. The molecule has 0 amide bonds. The van der Waals surface area contributed by atoms with Crippen LogP contribution in [0.3, 0.4) is 0 Å². The second-order valence-electron chi connectivity index (χ2n) is 6.66. The molecule has 2 heterocycles. The van der Waals surface area contributed by atoms with Gasteiger partial charge in [-0.15, -0.1) is 12.4 Å². The van der Waals surface area contributed by atoms with Gasteiger partial charge in [0.05, 0.1) is 12.3 Å². The summed E-state index contributed by atoms with van der Waals surface area (Å²) in [6.45, 7) is 3.96. The molecule has 31 heavy (non-hydrogen) atoms. The van der Waals surface area contributed by atoms with E-state index in [1.54, 1.807) is 6.92 Å². The Labute approximate surface area is 186 Å². The Hall–Kier alpha value is -3.64. The number of hydrogen-bond acceptors (Lipinski definition) is 6. The molecule has 0 unspecified atom stereocenters. The van der Waals surface area contributed by atoms with E-state index < -0.39 is 5.97 Å². The van der Waals surface area contributed by atoms with Crippen molar-refractivity contribution in [1.29, 1.82) is 0 Å². The first kappa shape index (κ1) is 22.1. The van der Waals surface area contributed by atoms with Gasteiger partial charge in [0.15, 0.2) is 5.65 Å². The molecule has 0 spiro atoms. The molecule has 0 saturated carbocycles. The van der Waals surface area contributed by atoms with Crippen LogP contribution < -0.4 is 10.1 Å². The minimum atomic E-state index is -0.431. The average molecular weight is 436 g/mol. The molecule has 4 rings (SSSR count). The van der Waals surface area contributed by atoms with Gasteiger partial charge in [-0.2, -0.15) is 0 Å². The first-order valence-corrected chi connectivity index (χ1v) is 9.67. The smallest absolute Gasteiger partial charge is 0.341 e. The lowest BCUT2D eigenvalue weighted by molar-refractivity contribution is 0.0527. The summed E-state index contributed by atoms with van der Waals surface area (Å²) in [5.74, 6) is 1.05. The normalized spacial score (nSPS) is 10.3. The van der Waals surface area contributed by atoms with Crippen molar-refractivity contribution < 1.29 is 14.3 Å². The monoisotopic (exact) mass is 435 g/mol. The van der Waals surface area contributed by atoms with Gasteiger partial charge in [-0.1, -0.05) is 18.2 Å². The summed E-state index contributed by atoms with van der Waals surface area (Å²) < 4.78 is 11.0. The molecule has 0 aliphatic rings. The van der Waals surface area contributed by atoms with Crippen molar-refractivity contribution in [3.8, 4) is 11.5 Å². The summed E-state index contributed by atoms with van der Waals surface area (Å²) in [7, 11) is 0. The number of aryl methyl sites for hydroxylation is 1. The lowest BCUT2D eigenvalue weighted by Gasteiger charge is -2.14. The number of benzene rings is 2. The van der Waals surface area contributed by atoms with Gasteiger partial charge in [-0.05, 0) is 62.4 Å². The third kappa shape index (κ3) is 5.10. The van der Waals surface area contributed by atoms with Gasteiger partial charge in [0.1, 0.15) is 17.1 Å². The Morgan fingerprint density at radius 2 is 1.68 bits per heavy atom. The Morgan fingerprint density at radius 3 is 2.39 bits per heavy atom. The van der Waals surface area contributed by atoms with E-state index in [1.165, 1.54) is 6.20 Å². The summed E-state index contributed by atoms with van der Waals surface area (Å²) in [4.78, 5) is 21.3. The number of rotatable bonds is 6. The van der Waals surface area contributed by atoms with Crippen molar-refractivity contribution in [3.05, 3.63) is 84.2 Å². The fraction of sp³-hybridized carbons (Fsp3) is 0.125. The molecule has 0 aliphatic carbocycles. The topological polar surface area (TPSA) is 73.3 Å². The Kier molecular flexibility index (Phi) is 7.05. The molecule has 0 bridgehead atoms. The Balaban J connectivity index is 0.00000272. The van der Waals surface area contributed by atoms with E-state index in [4.69, 9.17) is 9.47 Å². The molecule has 0 fully saturated rings. The fourth-order valence-corrected chi connectivity index (χ4v) is 3.05. The molecule has 158 valence electrons. The average Bonchev–Trinajstić information content (AvgIpc) is 2.76. The van der Waals surface area contributed by atoms with Crippen LogP contribution in [0.4, 0.5) is 11.4 Å². The zero-order valence-electron chi connectivity index (χ0n) is 17.2. The molecule has 2 aromatic heterocycles. The number of ether oxygens (including phenoxy) is 2. The van der Waals surface area contributed by atoms with Crippen LogP contribution in [0.25, 0.3) is 11.0 Å². The van der Waals surface area contributed by atoms with Crippen molar-refractivity contribution >= 4 is 40.8 Å². The maximum Gasteiger partial charge on any atom is 0.341 e. The number of nitrogens with one attached hydrogen (secondary N) is 1. The third-order valence-electron chi connectivity index (χ3n) is 4.47. The molecule has 0 atom stereocenters. The van der Waals surface area contributed by atoms with Crippen LogP contribution in [0.15, 0.2) is 72.9 Å². The van der Waals surface area contributed by atoms with Gasteiger partial charge in [0, 0.05) is 23.0 Å². The van der Waals surface area contributed by atoms with Gasteiger partial charge < -0.3 is 14.8 Å². The van der Waals surface area contributed by atoms with Gasteiger partial charge in [0.2, 0.25) is 0 Å². The highest BCUT2D eigenvalue weighted by molar-refractivity contribution is 6.05. The van der Waals surface area contributed by atoms with E-state index in [2.05, 4.69) is 15.3 Å². The molecule has 7 heteroatoms. The van der Waals surface area contributed by atoms with E-state index in [0.717, 1.165) is 22.5 Å². The summed E-state index contributed by atoms with van der Waals surface area (Å²) in [5, 5.41) is 4.08. The standard InChI is InChI=1S/C24H21N3O3.ClH/c1-3-29-24(28)21-15-25-23-20(14-9-16(2)26-23)22(21)27-17-10-12-19(13-11-17)30-18-7-5-4-6-8-18;/h4-15H,3H2,1-2H3,(H,25,26,27);1H. The van der Waals surface area contributed by atoms with Crippen LogP contribution in [0.2, 0.25) is 0 Å². The number of halogens is 1. The Morgan fingerprint density at radius 1 is 0.968 bits per heavy atom. The highest BCUT2D eigenvalue weighted by Gasteiger charge is 2.17. The van der Waals surface area contributed by atoms with Crippen LogP contribution >= 0.6 is 12.4 Å². The van der Waals surface area contributed by atoms with Crippen LogP contribution in [0, 0.1) is 6.92 Å². The number of nitrogens with zero attached hydrogens (tertiary/aromatic N) is 2. The second kappa shape index (κ2) is 9.91. The largest absolute Gasteiger partial charge is 0.462 e. The van der Waals surface area contributed by atoms with Crippen LogP contribution in [0.5, 0.6) is 11.5 Å². The molecule has 0 aliphatic heterocycles. The van der Waals surface area contributed by atoms with Gasteiger partial charge in [0.25, 0.3) is 0 Å². The molecular weight excluding hydrogens is 414 g/mol. The van der Waals surface area contributed by atoms with Crippen molar-refractivity contribution in [2.24, 2.45) is 0 Å². The highest BCUT2D eigenvalue weighted by Crippen LogP contribution is 2.30. The van der Waals surface area contributed by atoms with E-state index in [1.807, 2.05) is 73.7 Å². The summed E-state index contributed by atoms with van der Waals surface area (Å²) in [5.41, 5.74) is 3.19. The zero-order valence-corrected chi connectivity index (χ0v) is 18.0. The number of fused-ring (bicyclic) bond motifs is 1. The SMILES string of the molecule is CCOC(=O)c1cnc2nc(C)ccc2c1Nc1ccc(Oc2ccccc2)cc1.Cl. The van der Waals surface area contributed by atoms with Crippen molar-refractivity contribution in [2.45, 2.75) is 13.8 Å². The van der Waals surface area contributed by atoms with E-state index >= 15 is 0 Å². The molecular formula is C24H22ClN3O3. The van der Waals surface area contributed by atoms with Crippen molar-refractivity contribution in [1.82, 2.24) is 9.97 Å². The van der Waals surface area contributed by atoms with E-state index in [9.17, 15) is 4.79 Å². The summed E-state index contributed by atoms with van der Waals surface area (Å²) in [6, 6.07) is 20.9. The maximum absolute atomic E-state index is 12.5. The van der Waals surface area contributed by atoms with Crippen LogP contribution in [-0.2, 0) is 4.74 Å². The minimum absolute atomic E-state index is 0. The second-order valence-corrected chi connectivity index (χ2v) is 6.66. The molecule has 0 radical (unpaired) electrons. The van der Waals surface area contributed by atoms with Crippen molar-refractivity contribution in [2.75, 3.05) is 11.9 Å². The predicted molar refractivity (Wildman–Crippen MR) is 124 cm³/mol. The zero-order chi connectivity index (χ0) is 20.9. The number of carbonyl (C=O) groups is 1. The van der Waals surface area contributed by atoms with Gasteiger partial charge in [-0.3, -0.25) is 0 Å². The number of carbonyl (C=O) groups excluding carboxylic acids is 1. The molecule has 1 N–H and O–H groups in total. The number of anilines is 2. The van der Waals surface area contributed by atoms with E-state index in [0.29, 0.717) is 22.6 Å². The number of para-hydroxylation sites is 1. The van der Waals surface area contributed by atoms with Crippen molar-refractivity contribution in [3.63, 3.8) is 0 Å². The first-order chi connectivity index (χ1) is 14.6. The molecule has 0 saturated heterocycles. The Bertz CT molecular complexity index is 1180. The van der Waals surface area contributed by atoms with Gasteiger partial charge in [-0.25, -0.2) is 14.8 Å². The molecule has 2 aromatic carbocycles. The predicted octanol–water partition coefficient (Wildman–Crippen LogP) is 6.07. The maximum atomic E-state index is 12.5. The first-order valence-electron chi connectivity index (χ1n) is 9.67. The molecule has 6 nitrogen and oxygen atoms in total. The number of aromatic nitrogens is 2. The number of pyridine rings is 2. The minimum Gasteiger partial charge on any atom is -0.462 e. The van der Waals surface area contributed by atoms with Crippen LogP contribution in [0.1, 0.15) is 23.0 Å². The summed E-state index contributed by atoms with van der Waals surface area (Å²) >= 11 is 0. The summed E-state index contributed by atoms with van der Waals surface area (Å²) in [6.07, 6.45) is 1.50. The number of esters is 1. The number of hydrogen-bond donors (Lipinski definition) is 1.